The van der Waals surface area contributed by atoms with Gasteiger partial charge < -0.3 is 9.80 Å². The molecule has 1 amide bonds. The van der Waals surface area contributed by atoms with E-state index in [9.17, 15) is 4.79 Å². The maximum absolute atomic E-state index is 12.6. The molecular formula is C18H25N7O. The molecule has 1 saturated heterocycles. The molecule has 2 aromatic rings. The van der Waals surface area contributed by atoms with E-state index in [1.165, 1.54) is 18.4 Å². The van der Waals surface area contributed by atoms with Crippen molar-refractivity contribution in [1.29, 1.82) is 0 Å². The topological polar surface area (TPSA) is 90.9 Å². The van der Waals surface area contributed by atoms with E-state index in [1.54, 1.807) is 6.33 Å². The normalized spacial score (nSPS) is 17.3. The van der Waals surface area contributed by atoms with Gasteiger partial charge in [0, 0.05) is 51.0 Å². The van der Waals surface area contributed by atoms with Crippen molar-refractivity contribution in [2.24, 2.45) is 0 Å². The Bertz CT molecular complexity index is 782. The number of nitrogens with one attached hydrogen (secondary N) is 1. The molecule has 26 heavy (non-hydrogen) atoms. The first-order valence-electron chi connectivity index (χ1n) is 9.44. The highest BCUT2D eigenvalue weighted by Crippen LogP contribution is 2.26. The molecule has 8 heteroatoms. The highest BCUT2D eigenvalue weighted by atomic mass is 16.2. The third-order valence-corrected chi connectivity index (χ3v) is 5.23. The summed E-state index contributed by atoms with van der Waals surface area (Å²) in [7, 11) is 0. The summed E-state index contributed by atoms with van der Waals surface area (Å²) in [6, 6.07) is 0. The maximum Gasteiger partial charge on any atom is 0.223 e. The van der Waals surface area contributed by atoms with Crippen molar-refractivity contribution in [2.45, 2.75) is 45.4 Å². The number of hydrogen-bond acceptors (Lipinski definition) is 6. The van der Waals surface area contributed by atoms with E-state index in [1.807, 2.05) is 11.8 Å². The minimum absolute atomic E-state index is 0.163. The van der Waals surface area contributed by atoms with Crippen LogP contribution in [0, 0.1) is 6.92 Å². The largest absolute Gasteiger partial charge is 0.356 e. The number of aromatic nitrogens is 5. The average Bonchev–Trinajstić information content (AvgIpc) is 3.27. The van der Waals surface area contributed by atoms with Gasteiger partial charge in [-0.1, -0.05) is 0 Å². The maximum atomic E-state index is 12.6. The fourth-order valence-corrected chi connectivity index (χ4v) is 3.84. The summed E-state index contributed by atoms with van der Waals surface area (Å²) in [5.41, 5.74) is 2.33. The van der Waals surface area contributed by atoms with Gasteiger partial charge in [-0.3, -0.25) is 9.89 Å². The summed E-state index contributed by atoms with van der Waals surface area (Å²) >= 11 is 0. The lowest BCUT2D eigenvalue weighted by molar-refractivity contribution is -0.131. The predicted molar refractivity (Wildman–Crippen MR) is 96.9 cm³/mol. The molecule has 4 heterocycles. The monoisotopic (exact) mass is 355 g/mol. The summed E-state index contributed by atoms with van der Waals surface area (Å²) in [6.07, 6.45) is 6.77. The molecule has 2 aromatic heterocycles. The van der Waals surface area contributed by atoms with Crippen LogP contribution in [0.15, 0.2) is 6.33 Å². The lowest BCUT2D eigenvalue weighted by Crippen LogP contribution is -2.33. The van der Waals surface area contributed by atoms with E-state index in [-0.39, 0.29) is 5.91 Å². The first kappa shape index (κ1) is 16.9. The van der Waals surface area contributed by atoms with Crippen LogP contribution in [-0.2, 0) is 24.1 Å². The van der Waals surface area contributed by atoms with Crippen molar-refractivity contribution >= 4 is 11.7 Å². The van der Waals surface area contributed by atoms with Crippen molar-refractivity contribution in [3.63, 3.8) is 0 Å². The Morgan fingerprint density at radius 2 is 1.96 bits per heavy atom. The molecule has 0 unspecified atom stereocenters. The zero-order valence-corrected chi connectivity index (χ0v) is 15.2. The standard InChI is InChI=1S/C18H25N7O/c1-13-21-16(23-22-13)4-5-17(26)24-10-6-14-15(7-11-24)19-12-20-18(14)25-8-2-3-9-25/h12H,2-11H2,1H3,(H,21,22,23). The van der Waals surface area contributed by atoms with Crippen LogP contribution in [0.3, 0.4) is 0 Å². The summed E-state index contributed by atoms with van der Waals surface area (Å²) in [5, 5.41) is 6.93. The number of anilines is 1. The zero-order valence-electron chi connectivity index (χ0n) is 15.2. The molecule has 1 N–H and O–H groups in total. The Morgan fingerprint density at radius 1 is 1.15 bits per heavy atom. The fourth-order valence-electron chi connectivity index (χ4n) is 3.84. The van der Waals surface area contributed by atoms with Crippen molar-refractivity contribution in [2.75, 3.05) is 31.1 Å². The summed E-state index contributed by atoms with van der Waals surface area (Å²) < 4.78 is 0. The van der Waals surface area contributed by atoms with Gasteiger partial charge in [-0.05, 0) is 26.2 Å². The number of aromatic amines is 1. The summed E-state index contributed by atoms with van der Waals surface area (Å²) in [4.78, 5) is 30.3. The van der Waals surface area contributed by atoms with Crippen LogP contribution in [0.1, 0.15) is 42.2 Å². The van der Waals surface area contributed by atoms with Gasteiger partial charge >= 0.3 is 0 Å². The second kappa shape index (κ2) is 7.39. The molecule has 8 nitrogen and oxygen atoms in total. The predicted octanol–water partition coefficient (Wildman–Crippen LogP) is 1.06. The van der Waals surface area contributed by atoms with Gasteiger partial charge in [0.25, 0.3) is 0 Å². The minimum atomic E-state index is 0.163. The Hall–Kier alpha value is -2.51. The van der Waals surface area contributed by atoms with Gasteiger partial charge in [-0.2, -0.15) is 5.10 Å². The molecule has 0 aliphatic carbocycles. The molecule has 4 rings (SSSR count). The molecule has 138 valence electrons. The number of fused-ring (bicyclic) bond motifs is 1. The average molecular weight is 355 g/mol. The van der Waals surface area contributed by atoms with E-state index in [4.69, 9.17) is 0 Å². The Labute approximate surface area is 153 Å². The highest BCUT2D eigenvalue weighted by molar-refractivity contribution is 5.76. The van der Waals surface area contributed by atoms with Gasteiger partial charge in [0.2, 0.25) is 5.91 Å². The fraction of sp³-hybridized carbons (Fsp3) is 0.611. The Balaban J connectivity index is 1.41. The number of amides is 1. The first-order chi connectivity index (χ1) is 12.7. The van der Waals surface area contributed by atoms with E-state index in [2.05, 4.69) is 30.0 Å². The second-order valence-electron chi connectivity index (χ2n) is 7.03. The first-order valence-corrected chi connectivity index (χ1v) is 9.44. The van der Waals surface area contributed by atoms with Gasteiger partial charge in [0.1, 0.15) is 18.0 Å². The minimum Gasteiger partial charge on any atom is -0.356 e. The SMILES string of the molecule is Cc1nc(CCC(=O)N2CCc3ncnc(N4CCCC4)c3CC2)n[nH]1. The van der Waals surface area contributed by atoms with Gasteiger partial charge in [-0.25, -0.2) is 15.0 Å². The van der Waals surface area contributed by atoms with Gasteiger partial charge in [-0.15, -0.1) is 0 Å². The number of carbonyl (C=O) groups is 1. The third kappa shape index (κ3) is 3.54. The number of carbonyl (C=O) groups excluding carboxylic acids is 1. The van der Waals surface area contributed by atoms with Crippen LogP contribution in [0.5, 0.6) is 0 Å². The molecule has 0 saturated carbocycles. The van der Waals surface area contributed by atoms with Gasteiger partial charge in [0.05, 0.1) is 5.69 Å². The molecule has 2 aliphatic heterocycles. The molecule has 0 atom stereocenters. The molecule has 2 aliphatic rings. The number of aryl methyl sites for hydroxylation is 2. The Morgan fingerprint density at radius 3 is 2.73 bits per heavy atom. The lowest BCUT2D eigenvalue weighted by atomic mass is 10.1. The zero-order chi connectivity index (χ0) is 17.9. The summed E-state index contributed by atoms with van der Waals surface area (Å²) in [6.45, 7) is 5.45. The van der Waals surface area contributed by atoms with Crippen molar-refractivity contribution < 1.29 is 4.79 Å². The third-order valence-electron chi connectivity index (χ3n) is 5.23. The molecule has 1 fully saturated rings. The summed E-state index contributed by atoms with van der Waals surface area (Å²) in [5.74, 6) is 2.73. The number of rotatable bonds is 4. The van der Waals surface area contributed by atoms with Gasteiger partial charge in [0.15, 0.2) is 5.82 Å². The van der Waals surface area contributed by atoms with E-state index in [0.29, 0.717) is 18.7 Å². The molecule has 0 radical (unpaired) electrons. The van der Waals surface area contributed by atoms with Crippen LogP contribution >= 0.6 is 0 Å². The Kier molecular flexibility index (Phi) is 4.81. The highest BCUT2D eigenvalue weighted by Gasteiger charge is 2.24. The molecular weight excluding hydrogens is 330 g/mol. The van der Waals surface area contributed by atoms with Crippen LogP contribution in [0.2, 0.25) is 0 Å². The smallest absolute Gasteiger partial charge is 0.223 e. The number of nitrogens with zero attached hydrogens (tertiary/aromatic N) is 6. The second-order valence-corrected chi connectivity index (χ2v) is 7.03. The van der Waals surface area contributed by atoms with Crippen LogP contribution in [0.4, 0.5) is 5.82 Å². The van der Waals surface area contributed by atoms with E-state index >= 15 is 0 Å². The van der Waals surface area contributed by atoms with E-state index in [0.717, 1.165) is 56.4 Å². The van der Waals surface area contributed by atoms with E-state index < -0.39 is 0 Å². The quantitative estimate of drug-likeness (QED) is 0.882. The number of hydrogen-bond donors (Lipinski definition) is 1. The van der Waals surface area contributed by atoms with Crippen LogP contribution in [-0.4, -0.2) is 62.1 Å². The van der Waals surface area contributed by atoms with Crippen molar-refractivity contribution in [1.82, 2.24) is 30.0 Å². The van der Waals surface area contributed by atoms with Crippen molar-refractivity contribution in [3.05, 3.63) is 29.2 Å². The molecule has 0 spiro atoms. The lowest BCUT2D eigenvalue weighted by Gasteiger charge is -2.21. The van der Waals surface area contributed by atoms with Crippen LogP contribution < -0.4 is 4.90 Å². The van der Waals surface area contributed by atoms with Crippen molar-refractivity contribution in [3.8, 4) is 0 Å². The number of H-pyrrole nitrogens is 1. The van der Waals surface area contributed by atoms with Crippen LogP contribution in [0.25, 0.3) is 0 Å². The molecule has 0 bridgehead atoms. The molecule has 0 aromatic carbocycles.